The Labute approximate surface area is 120 Å². The number of carbonyl (C=O) groups is 1. The van der Waals surface area contributed by atoms with E-state index >= 15 is 0 Å². The van der Waals surface area contributed by atoms with Gasteiger partial charge in [-0.2, -0.15) is 0 Å². The third-order valence-corrected chi connectivity index (χ3v) is 4.10. The zero-order valence-corrected chi connectivity index (χ0v) is 11.9. The number of para-hydroxylation sites is 1. The van der Waals surface area contributed by atoms with Crippen LogP contribution in [0.4, 0.5) is 5.69 Å². The molecule has 0 radical (unpaired) electrons. The van der Waals surface area contributed by atoms with Crippen molar-refractivity contribution in [3.05, 3.63) is 30.3 Å². The highest BCUT2D eigenvalue weighted by Gasteiger charge is 2.26. The van der Waals surface area contributed by atoms with Gasteiger partial charge in [0.1, 0.15) is 0 Å². The van der Waals surface area contributed by atoms with E-state index < -0.39 is 0 Å². The lowest BCUT2D eigenvalue weighted by molar-refractivity contribution is -0.117. The van der Waals surface area contributed by atoms with Gasteiger partial charge in [0.25, 0.3) is 0 Å². The summed E-state index contributed by atoms with van der Waals surface area (Å²) in [6.45, 7) is 6.00. The fourth-order valence-electron chi connectivity index (χ4n) is 2.72. The van der Waals surface area contributed by atoms with Crippen molar-refractivity contribution in [1.82, 2.24) is 9.80 Å². The maximum absolute atomic E-state index is 12.0. The minimum Gasteiger partial charge on any atom is -0.325 e. The molecule has 1 amide bonds. The lowest BCUT2D eigenvalue weighted by Crippen LogP contribution is -2.49. The second-order valence-corrected chi connectivity index (χ2v) is 5.93. The van der Waals surface area contributed by atoms with E-state index in [0.717, 1.165) is 37.8 Å². The van der Waals surface area contributed by atoms with Crippen LogP contribution in [0.25, 0.3) is 0 Å². The molecule has 4 heteroatoms. The van der Waals surface area contributed by atoms with E-state index in [1.54, 1.807) is 0 Å². The summed E-state index contributed by atoms with van der Waals surface area (Å²) in [4.78, 5) is 16.8. The summed E-state index contributed by atoms with van der Waals surface area (Å²) in [5.41, 5.74) is 0.880. The molecule has 1 aliphatic heterocycles. The fourth-order valence-corrected chi connectivity index (χ4v) is 2.72. The number of benzene rings is 1. The zero-order valence-electron chi connectivity index (χ0n) is 11.9. The smallest absolute Gasteiger partial charge is 0.238 e. The highest BCUT2D eigenvalue weighted by molar-refractivity contribution is 5.92. The Balaban J connectivity index is 1.39. The van der Waals surface area contributed by atoms with Crippen molar-refractivity contribution in [1.29, 1.82) is 0 Å². The van der Waals surface area contributed by atoms with Gasteiger partial charge in [-0.05, 0) is 30.9 Å². The maximum atomic E-state index is 12.0. The van der Waals surface area contributed by atoms with Crippen molar-refractivity contribution in [2.45, 2.75) is 12.8 Å². The van der Waals surface area contributed by atoms with Crippen LogP contribution in [-0.2, 0) is 4.79 Å². The fraction of sp³-hybridized carbons (Fsp3) is 0.562. The predicted molar refractivity (Wildman–Crippen MR) is 80.7 cm³/mol. The van der Waals surface area contributed by atoms with E-state index in [1.807, 2.05) is 30.3 Å². The van der Waals surface area contributed by atoms with Gasteiger partial charge in [0, 0.05) is 38.4 Å². The van der Waals surface area contributed by atoms with Crippen LogP contribution in [0.5, 0.6) is 0 Å². The topological polar surface area (TPSA) is 35.6 Å². The van der Waals surface area contributed by atoms with Crippen molar-refractivity contribution in [2.24, 2.45) is 5.92 Å². The first-order chi connectivity index (χ1) is 9.79. The molecule has 108 valence electrons. The van der Waals surface area contributed by atoms with Gasteiger partial charge in [-0.25, -0.2) is 0 Å². The molecule has 0 spiro atoms. The molecule has 1 heterocycles. The first kappa shape index (κ1) is 13.6. The van der Waals surface area contributed by atoms with E-state index in [4.69, 9.17) is 0 Å². The summed E-state index contributed by atoms with van der Waals surface area (Å²) >= 11 is 0. The average Bonchev–Trinajstić information content (AvgIpc) is 3.26. The van der Waals surface area contributed by atoms with Crippen molar-refractivity contribution >= 4 is 11.6 Å². The van der Waals surface area contributed by atoms with Crippen molar-refractivity contribution < 1.29 is 4.79 Å². The number of piperazine rings is 1. The van der Waals surface area contributed by atoms with Crippen LogP contribution in [-0.4, -0.2) is 55.0 Å². The summed E-state index contributed by atoms with van der Waals surface area (Å²) in [5, 5.41) is 2.95. The molecular weight excluding hydrogens is 250 g/mol. The van der Waals surface area contributed by atoms with Crippen molar-refractivity contribution in [2.75, 3.05) is 44.6 Å². The number of amides is 1. The molecule has 1 saturated carbocycles. The van der Waals surface area contributed by atoms with Gasteiger partial charge in [0.2, 0.25) is 5.91 Å². The maximum Gasteiger partial charge on any atom is 0.238 e. The molecule has 0 atom stereocenters. The molecule has 3 rings (SSSR count). The van der Waals surface area contributed by atoms with Crippen LogP contribution >= 0.6 is 0 Å². The molecule has 1 aliphatic carbocycles. The summed E-state index contributed by atoms with van der Waals surface area (Å²) in [6, 6.07) is 9.67. The number of carbonyl (C=O) groups excluding carboxylic acids is 1. The Bertz CT molecular complexity index is 436. The molecular formula is C16H23N3O. The monoisotopic (exact) mass is 273 g/mol. The summed E-state index contributed by atoms with van der Waals surface area (Å²) in [5.74, 6) is 1.05. The van der Waals surface area contributed by atoms with Gasteiger partial charge in [-0.15, -0.1) is 0 Å². The van der Waals surface area contributed by atoms with E-state index in [9.17, 15) is 4.79 Å². The van der Waals surface area contributed by atoms with Gasteiger partial charge in [-0.1, -0.05) is 18.2 Å². The molecule has 1 aromatic rings. The SMILES string of the molecule is O=C(CN1CCN(CC2CC2)CC1)Nc1ccccc1. The Morgan fingerprint density at radius 3 is 2.35 bits per heavy atom. The van der Waals surface area contributed by atoms with Crippen LogP contribution < -0.4 is 5.32 Å². The molecule has 0 unspecified atom stereocenters. The number of nitrogens with one attached hydrogen (secondary N) is 1. The number of hydrogen-bond acceptors (Lipinski definition) is 3. The molecule has 0 bridgehead atoms. The van der Waals surface area contributed by atoms with Gasteiger partial charge in [-0.3, -0.25) is 9.69 Å². The molecule has 0 aromatic heterocycles. The quantitative estimate of drug-likeness (QED) is 0.886. The lowest BCUT2D eigenvalue weighted by atomic mass is 10.2. The van der Waals surface area contributed by atoms with E-state index in [1.165, 1.54) is 19.4 Å². The number of rotatable bonds is 5. The number of nitrogens with zero attached hydrogens (tertiary/aromatic N) is 2. The van der Waals surface area contributed by atoms with Crippen LogP contribution in [0.3, 0.4) is 0 Å². The molecule has 1 N–H and O–H groups in total. The van der Waals surface area contributed by atoms with E-state index in [2.05, 4.69) is 15.1 Å². The Morgan fingerprint density at radius 2 is 1.70 bits per heavy atom. The minimum atomic E-state index is 0.0897. The van der Waals surface area contributed by atoms with Crippen molar-refractivity contribution in [3.8, 4) is 0 Å². The summed E-state index contributed by atoms with van der Waals surface area (Å²) < 4.78 is 0. The van der Waals surface area contributed by atoms with Crippen LogP contribution in [0.1, 0.15) is 12.8 Å². The highest BCUT2D eigenvalue weighted by atomic mass is 16.2. The van der Waals surface area contributed by atoms with Crippen molar-refractivity contribution in [3.63, 3.8) is 0 Å². The van der Waals surface area contributed by atoms with Crippen LogP contribution in [0.15, 0.2) is 30.3 Å². The van der Waals surface area contributed by atoms with Gasteiger partial charge in [0.15, 0.2) is 0 Å². The minimum absolute atomic E-state index is 0.0897. The van der Waals surface area contributed by atoms with Gasteiger partial charge in [0.05, 0.1) is 6.54 Å². The predicted octanol–water partition coefficient (Wildman–Crippen LogP) is 1.65. The Hall–Kier alpha value is -1.39. The van der Waals surface area contributed by atoms with E-state index in [0.29, 0.717) is 6.54 Å². The van der Waals surface area contributed by atoms with E-state index in [-0.39, 0.29) is 5.91 Å². The molecule has 2 fully saturated rings. The van der Waals surface area contributed by atoms with Gasteiger partial charge < -0.3 is 10.2 Å². The second-order valence-electron chi connectivity index (χ2n) is 5.93. The molecule has 1 saturated heterocycles. The normalized spacial score (nSPS) is 20.8. The Morgan fingerprint density at radius 1 is 1.05 bits per heavy atom. The largest absolute Gasteiger partial charge is 0.325 e. The second kappa shape index (κ2) is 6.37. The molecule has 4 nitrogen and oxygen atoms in total. The number of anilines is 1. The standard InChI is InChI=1S/C16H23N3O/c20-16(17-15-4-2-1-3-5-15)13-19-10-8-18(9-11-19)12-14-6-7-14/h1-5,14H,6-13H2,(H,17,20). The highest BCUT2D eigenvalue weighted by Crippen LogP contribution is 2.29. The van der Waals surface area contributed by atoms with Gasteiger partial charge >= 0.3 is 0 Å². The summed E-state index contributed by atoms with van der Waals surface area (Å²) in [6.07, 6.45) is 2.83. The van der Waals surface area contributed by atoms with Crippen LogP contribution in [0.2, 0.25) is 0 Å². The molecule has 20 heavy (non-hydrogen) atoms. The first-order valence-electron chi connectivity index (χ1n) is 7.59. The van der Waals surface area contributed by atoms with Crippen LogP contribution in [0, 0.1) is 5.92 Å². The average molecular weight is 273 g/mol. The number of hydrogen-bond donors (Lipinski definition) is 1. The third-order valence-electron chi connectivity index (χ3n) is 4.10. The zero-order chi connectivity index (χ0) is 13.8. The summed E-state index contributed by atoms with van der Waals surface area (Å²) in [7, 11) is 0. The first-order valence-corrected chi connectivity index (χ1v) is 7.59. The Kier molecular flexibility index (Phi) is 4.33. The lowest BCUT2D eigenvalue weighted by Gasteiger charge is -2.34. The molecule has 2 aliphatic rings. The molecule has 1 aromatic carbocycles. The third kappa shape index (κ3) is 4.05.